The van der Waals surface area contributed by atoms with Crippen LogP contribution < -0.4 is 15.0 Å². The third-order valence-corrected chi connectivity index (χ3v) is 8.04. The zero-order chi connectivity index (χ0) is 25.4. The number of hydrogen-bond donors (Lipinski definition) is 1. The van der Waals surface area contributed by atoms with Crippen molar-refractivity contribution in [1.29, 1.82) is 0 Å². The molecule has 0 saturated carbocycles. The number of benzene rings is 1. The maximum Gasteiger partial charge on any atom is 0.433 e. The lowest BCUT2D eigenvalue weighted by Crippen LogP contribution is -2.51. The van der Waals surface area contributed by atoms with Gasteiger partial charge in [0.25, 0.3) is 0 Å². The minimum absolute atomic E-state index is 0. The molecule has 220 valence electrons. The van der Waals surface area contributed by atoms with Gasteiger partial charge in [0.2, 0.25) is 5.91 Å². The Bertz CT molecular complexity index is 1120. The average molecular weight is 633 g/mol. The monoisotopic (exact) mass is 631 g/mol. The third kappa shape index (κ3) is 7.48. The Hall–Kier alpha value is -1.37. The quantitative estimate of drug-likeness (QED) is 0.513. The highest BCUT2D eigenvalue weighted by molar-refractivity contribution is 7.99. The number of halogens is 6. The summed E-state index contributed by atoms with van der Waals surface area (Å²) in [5.74, 6) is 2.31. The molecule has 7 nitrogen and oxygen atoms in total. The van der Waals surface area contributed by atoms with Gasteiger partial charge in [0.1, 0.15) is 17.0 Å². The summed E-state index contributed by atoms with van der Waals surface area (Å²) in [4.78, 5) is 23.0. The SMILES string of the molecule is CC(C)Oc1cccc2c(N3CCN([C@@H]4CN[C@H](C(=O)N5CCSC5)C4)CC3)cc(C(F)(F)F)nc12.Cl.Cl.Cl. The van der Waals surface area contributed by atoms with Gasteiger partial charge in [-0.25, -0.2) is 4.98 Å². The van der Waals surface area contributed by atoms with Crippen molar-refractivity contribution in [1.82, 2.24) is 20.1 Å². The van der Waals surface area contributed by atoms with Gasteiger partial charge in [-0.3, -0.25) is 9.69 Å². The van der Waals surface area contributed by atoms with Crippen molar-refractivity contribution >= 4 is 71.5 Å². The molecule has 5 rings (SSSR count). The Morgan fingerprint density at radius 3 is 2.46 bits per heavy atom. The summed E-state index contributed by atoms with van der Waals surface area (Å²) in [6.45, 7) is 7.89. The van der Waals surface area contributed by atoms with E-state index in [1.165, 1.54) is 0 Å². The molecular weight excluding hydrogens is 598 g/mol. The van der Waals surface area contributed by atoms with E-state index >= 15 is 0 Å². The second-order valence-electron chi connectivity index (χ2n) is 9.86. The van der Waals surface area contributed by atoms with Crippen LogP contribution in [0.4, 0.5) is 18.9 Å². The van der Waals surface area contributed by atoms with Crippen LogP contribution in [0.1, 0.15) is 26.0 Å². The first-order valence-electron chi connectivity index (χ1n) is 12.5. The van der Waals surface area contributed by atoms with Crippen LogP contribution in [0.3, 0.4) is 0 Å². The first kappa shape index (κ1) is 33.8. The van der Waals surface area contributed by atoms with Crippen molar-refractivity contribution in [2.24, 2.45) is 0 Å². The number of anilines is 1. The van der Waals surface area contributed by atoms with Gasteiger partial charge in [-0.2, -0.15) is 13.2 Å². The fourth-order valence-electron chi connectivity index (χ4n) is 5.28. The van der Waals surface area contributed by atoms with Crippen LogP contribution in [0.2, 0.25) is 0 Å². The normalized spacial score (nSPS) is 21.9. The molecule has 4 heterocycles. The molecule has 1 N–H and O–H groups in total. The molecule has 0 spiro atoms. The molecule has 0 radical (unpaired) electrons. The molecule has 2 aromatic rings. The van der Waals surface area contributed by atoms with Gasteiger partial charge in [-0.05, 0) is 32.4 Å². The van der Waals surface area contributed by atoms with E-state index < -0.39 is 11.9 Å². The number of amides is 1. The average Bonchev–Trinajstić information content (AvgIpc) is 3.55. The smallest absolute Gasteiger partial charge is 0.433 e. The Morgan fingerprint density at radius 1 is 1.13 bits per heavy atom. The molecule has 3 fully saturated rings. The van der Waals surface area contributed by atoms with Crippen LogP contribution in [0.5, 0.6) is 5.75 Å². The number of aromatic nitrogens is 1. The second-order valence-corrected chi connectivity index (χ2v) is 10.9. The number of fused-ring (bicyclic) bond motifs is 1. The summed E-state index contributed by atoms with van der Waals surface area (Å²) < 4.78 is 47.1. The van der Waals surface area contributed by atoms with Crippen LogP contribution >= 0.6 is 49.0 Å². The van der Waals surface area contributed by atoms with Crippen molar-refractivity contribution in [2.75, 3.05) is 55.8 Å². The number of rotatable bonds is 5. The van der Waals surface area contributed by atoms with Gasteiger partial charge in [-0.1, -0.05) is 12.1 Å². The molecule has 0 aliphatic carbocycles. The number of ether oxygens (including phenoxy) is 1. The number of pyridine rings is 1. The van der Waals surface area contributed by atoms with Crippen LogP contribution in [0.15, 0.2) is 24.3 Å². The number of hydrogen-bond acceptors (Lipinski definition) is 7. The minimum atomic E-state index is -4.55. The van der Waals surface area contributed by atoms with E-state index in [9.17, 15) is 18.0 Å². The van der Waals surface area contributed by atoms with Gasteiger partial charge < -0.3 is 19.9 Å². The predicted molar refractivity (Wildman–Crippen MR) is 157 cm³/mol. The summed E-state index contributed by atoms with van der Waals surface area (Å²) in [5.41, 5.74) is -0.140. The summed E-state index contributed by atoms with van der Waals surface area (Å²) in [6.07, 6.45) is -3.97. The van der Waals surface area contributed by atoms with Crippen molar-refractivity contribution in [3.05, 3.63) is 30.0 Å². The standard InChI is InChI=1S/C25H32F3N5O2S.3ClH/c1-16(2)35-21-5-3-4-18-20(13-22(25(26,27)28)30-23(18)21)32-8-6-31(7-9-32)17-12-19(29-14-17)24(34)33-10-11-36-15-33;;;/h3-5,13,16-17,19,29H,6-12,14-15H2,1-2H3;3*1H/t17-,19-;;;/m0.../s1. The van der Waals surface area contributed by atoms with Gasteiger partial charge in [0.15, 0.2) is 0 Å². The molecule has 2 atom stereocenters. The maximum absolute atomic E-state index is 13.8. The zero-order valence-corrected chi connectivity index (χ0v) is 25.0. The fraction of sp³-hybridized carbons (Fsp3) is 0.600. The fourth-order valence-corrected chi connectivity index (χ4v) is 6.24. The first-order chi connectivity index (χ1) is 17.2. The number of nitrogens with zero attached hydrogens (tertiary/aromatic N) is 4. The lowest BCUT2D eigenvalue weighted by Gasteiger charge is -2.39. The van der Waals surface area contributed by atoms with Crippen molar-refractivity contribution in [3.8, 4) is 5.75 Å². The van der Waals surface area contributed by atoms with E-state index in [0.29, 0.717) is 29.9 Å². The Balaban J connectivity index is 0.00000178. The molecule has 14 heteroatoms. The number of piperazine rings is 1. The number of carbonyl (C=O) groups excluding carboxylic acids is 1. The Morgan fingerprint density at radius 2 is 1.85 bits per heavy atom. The molecule has 1 aromatic carbocycles. The highest BCUT2D eigenvalue weighted by Crippen LogP contribution is 2.38. The number of para-hydroxylation sites is 1. The minimum Gasteiger partial charge on any atom is -0.489 e. The van der Waals surface area contributed by atoms with E-state index in [2.05, 4.69) is 15.2 Å². The van der Waals surface area contributed by atoms with Crippen LogP contribution in [-0.4, -0.2) is 89.8 Å². The van der Waals surface area contributed by atoms with Gasteiger partial charge in [0.05, 0.1) is 18.0 Å². The number of alkyl halides is 3. The summed E-state index contributed by atoms with van der Waals surface area (Å²) in [5, 5.41) is 4.05. The highest BCUT2D eigenvalue weighted by atomic mass is 35.5. The summed E-state index contributed by atoms with van der Waals surface area (Å²) >= 11 is 1.78. The lowest BCUT2D eigenvalue weighted by molar-refractivity contribution is -0.141. The van der Waals surface area contributed by atoms with Crippen LogP contribution in [-0.2, 0) is 11.0 Å². The predicted octanol–water partition coefficient (Wildman–Crippen LogP) is 4.69. The molecule has 0 bridgehead atoms. The summed E-state index contributed by atoms with van der Waals surface area (Å²) in [6, 6.07) is 6.55. The van der Waals surface area contributed by atoms with Gasteiger partial charge in [0, 0.05) is 62.1 Å². The van der Waals surface area contributed by atoms with Crippen LogP contribution in [0.25, 0.3) is 10.9 Å². The highest BCUT2D eigenvalue weighted by Gasteiger charge is 2.38. The molecule has 3 aliphatic heterocycles. The van der Waals surface area contributed by atoms with E-state index in [1.807, 2.05) is 29.7 Å². The molecule has 3 saturated heterocycles. The molecule has 1 aromatic heterocycles. The Labute approximate surface area is 249 Å². The number of thioether (sulfide) groups is 1. The van der Waals surface area contributed by atoms with E-state index in [4.69, 9.17) is 4.74 Å². The number of carbonyl (C=O) groups is 1. The molecule has 1 amide bonds. The largest absolute Gasteiger partial charge is 0.489 e. The third-order valence-electron chi connectivity index (χ3n) is 7.08. The zero-order valence-electron chi connectivity index (χ0n) is 21.8. The number of nitrogens with one attached hydrogen (secondary N) is 1. The lowest BCUT2D eigenvalue weighted by atomic mass is 10.1. The van der Waals surface area contributed by atoms with Crippen molar-refractivity contribution in [2.45, 2.75) is 44.6 Å². The topological polar surface area (TPSA) is 60.9 Å². The molecule has 0 unspecified atom stereocenters. The molecular formula is C25H35Cl3F3N5O2S. The van der Waals surface area contributed by atoms with Gasteiger partial charge in [-0.15, -0.1) is 49.0 Å². The summed E-state index contributed by atoms with van der Waals surface area (Å²) in [7, 11) is 0. The van der Waals surface area contributed by atoms with Gasteiger partial charge >= 0.3 is 6.18 Å². The van der Waals surface area contributed by atoms with Crippen molar-refractivity contribution in [3.63, 3.8) is 0 Å². The second kappa shape index (κ2) is 14.0. The van der Waals surface area contributed by atoms with E-state index in [1.54, 1.807) is 23.9 Å². The Kier molecular flexibility index (Phi) is 12.1. The van der Waals surface area contributed by atoms with E-state index in [-0.39, 0.29) is 66.8 Å². The van der Waals surface area contributed by atoms with Crippen LogP contribution in [0, 0.1) is 0 Å². The van der Waals surface area contributed by atoms with E-state index in [0.717, 1.165) is 50.3 Å². The maximum atomic E-state index is 13.8. The molecule has 39 heavy (non-hydrogen) atoms. The first-order valence-corrected chi connectivity index (χ1v) is 13.6. The van der Waals surface area contributed by atoms with Crippen molar-refractivity contribution < 1.29 is 22.7 Å². The molecule has 3 aliphatic rings.